The molecule has 0 saturated carbocycles. The summed E-state index contributed by atoms with van der Waals surface area (Å²) < 4.78 is 166. The summed E-state index contributed by atoms with van der Waals surface area (Å²) in [7, 11) is -27.6. The zero-order valence-electron chi connectivity index (χ0n) is 60.8. The van der Waals surface area contributed by atoms with E-state index >= 15 is 0 Å². The summed E-state index contributed by atoms with van der Waals surface area (Å²) in [4.78, 5) is 195. The molecule has 0 aromatic carbocycles. The average Bonchev–Trinajstić information content (AvgIpc) is 1.67. The van der Waals surface area contributed by atoms with E-state index in [2.05, 4.69) is 39.9 Å². The monoisotopic (exact) mass is 1760 g/mol. The third-order valence-electron chi connectivity index (χ3n) is 19.1. The number of anilines is 3. The number of aliphatic hydroxyl groups is 2. The maximum atomic E-state index is 14.3. The van der Waals surface area contributed by atoms with Gasteiger partial charge < -0.3 is 80.3 Å². The van der Waals surface area contributed by atoms with Crippen LogP contribution in [-0.4, -0.2) is 215 Å². The molecule has 54 nitrogen and oxygen atoms in total. The second-order valence-corrected chi connectivity index (χ2v) is 34.3. The van der Waals surface area contributed by atoms with Gasteiger partial charge in [-0.2, -0.15) is 15.0 Å². The summed E-state index contributed by atoms with van der Waals surface area (Å²) in [5.41, 5.74) is 8.71. The quantitative estimate of drug-likeness (QED) is 0.0182. The maximum Gasteiger partial charge on any atom is 0.472 e. The van der Waals surface area contributed by atoms with Crippen molar-refractivity contribution in [2.75, 3.05) is 56.8 Å². The molecule has 0 radical (unpaired) electrons. The van der Waals surface area contributed by atoms with Crippen LogP contribution in [0.25, 0.3) is 11.2 Å². The Bertz CT molecular complexity index is 5730. The van der Waals surface area contributed by atoms with E-state index < -0.39 is 266 Å². The molecule has 13 rings (SSSR count). The van der Waals surface area contributed by atoms with Gasteiger partial charge in [0.15, 0.2) is 11.2 Å². The minimum absolute atomic E-state index is 0.0203. The summed E-state index contributed by atoms with van der Waals surface area (Å²) >= 11 is 0. The van der Waals surface area contributed by atoms with Crippen molar-refractivity contribution in [3.8, 4) is 0 Å². The number of ether oxygens (including phenoxy) is 6. The van der Waals surface area contributed by atoms with Crippen molar-refractivity contribution in [2.24, 2.45) is 0 Å². The lowest BCUT2D eigenvalue weighted by atomic mass is 10.2. The summed E-state index contributed by atoms with van der Waals surface area (Å²) in [5.74, 6) is -0.758. The van der Waals surface area contributed by atoms with Crippen LogP contribution >= 0.6 is 39.1 Å². The van der Waals surface area contributed by atoms with Gasteiger partial charge in [0.25, 0.3) is 22.2 Å². The van der Waals surface area contributed by atoms with Crippen LogP contribution in [-0.2, 0) is 96.5 Å². The normalized spacial score (nSPS) is 30.0. The Hall–Kier alpha value is -8.22. The molecule has 6 saturated heterocycles. The van der Waals surface area contributed by atoms with Crippen LogP contribution in [0, 0.1) is 20.8 Å². The topological polar surface area (TPSA) is 751 Å². The lowest BCUT2D eigenvalue weighted by Crippen LogP contribution is -2.33. The zero-order valence-corrected chi connectivity index (χ0v) is 65.3. The number of fused-ring (bicyclic) bond motifs is 1. The van der Waals surface area contributed by atoms with Gasteiger partial charge in [-0.05, 0) is 32.9 Å². The Kier molecular flexibility index (Phi) is 25.5. The molecule has 7 aromatic rings. The predicted octanol–water partition coefficient (Wildman–Crippen LogP) is -3.45. The molecule has 7 aromatic heterocycles. The third kappa shape index (κ3) is 20.3. The van der Waals surface area contributed by atoms with E-state index in [1.807, 2.05) is 0 Å². The van der Waals surface area contributed by atoms with E-state index in [1.165, 1.54) is 39.2 Å². The SMILES string of the molecule is Cc1cn([C@H]2C[C@H](OP(=O)(O)OC[C@H]3O[C@@H](n4cc(C)c(=O)[nH]c4=O)C[C@@H]3OP(=O)(O)OC[C@H]3O[C@@H](n4cc(C)c(=O)[nH]c4=O)C[C@@H]3O)[C@@H](COP(=O)(O)O[C@H]3C[C@H](n4ccc(N)nc4=O)O[C@@H]3COP(=O)(O)O[C@H]3C[C@H](n4cnc5c(=O)[nH]c(N)nc54)O[C@@H]3COP(=O)(O)O[C@H]3C[C@H](n4ccc(N)nc4=O)O[C@@H]3CO)O2)c(=O)[nH]c1=O. The van der Waals surface area contributed by atoms with Crippen molar-refractivity contribution < 1.29 is 131 Å². The third-order valence-corrected chi connectivity index (χ3v) is 24.2. The zero-order chi connectivity index (χ0) is 84.3. The summed E-state index contributed by atoms with van der Waals surface area (Å²) in [6.07, 6.45) is -24.3. The average molecular weight is 1760 g/mol. The highest BCUT2D eigenvalue weighted by Crippen LogP contribution is 2.56. The first-order chi connectivity index (χ1) is 55.1. The van der Waals surface area contributed by atoms with Crippen LogP contribution in [0.4, 0.5) is 17.6 Å². The van der Waals surface area contributed by atoms with E-state index in [9.17, 15) is 101 Å². The van der Waals surface area contributed by atoms with Crippen molar-refractivity contribution in [1.82, 2.24) is 67.3 Å². The van der Waals surface area contributed by atoms with Gasteiger partial charge in [0.05, 0.1) is 52.1 Å². The fourth-order valence-electron chi connectivity index (χ4n) is 13.4. The van der Waals surface area contributed by atoms with Crippen molar-refractivity contribution in [1.29, 1.82) is 0 Å². The number of nitrogens with one attached hydrogen (secondary N) is 4. The lowest BCUT2D eigenvalue weighted by Gasteiger charge is -2.26. The number of aryl methyl sites for hydroxylation is 3. The molecule has 6 aliphatic rings. The van der Waals surface area contributed by atoms with E-state index in [0.717, 1.165) is 58.4 Å². The number of aromatic amines is 4. The first-order valence-electron chi connectivity index (χ1n) is 34.9. The number of H-pyrrole nitrogens is 4. The first kappa shape index (κ1) is 86.6. The van der Waals surface area contributed by atoms with E-state index in [1.54, 1.807) is 0 Å². The van der Waals surface area contributed by atoms with Crippen LogP contribution < -0.4 is 67.9 Å². The van der Waals surface area contributed by atoms with Gasteiger partial charge in [-0.3, -0.25) is 112 Å². The number of nitrogens with zero attached hydrogens (tertiary/aromatic N) is 10. The highest BCUT2D eigenvalue weighted by atomic mass is 31.2. The molecule has 59 heteroatoms. The number of rotatable bonds is 32. The van der Waals surface area contributed by atoms with Gasteiger partial charge in [0, 0.05) is 86.2 Å². The largest absolute Gasteiger partial charge is 0.472 e. The lowest BCUT2D eigenvalue weighted by molar-refractivity contribution is -0.0655. The molecule has 6 aliphatic heterocycles. The molecular formula is C58H76N17O37P5. The van der Waals surface area contributed by atoms with Gasteiger partial charge in [0.2, 0.25) is 5.95 Å². The summed E-state index contributed by atoms with van der Waals surface area (Å²) in [6, 6.07) is 2.43. The number of phosphoric acid groups is 5. The molecule has 0 aliphatic carbocycles. The minimum Gasteiger partial charge on any atom is -0.394 e. The molecule has 5 unspecified atom stereocenters. The van der Waals surface area contributed by atoms with Crippen LogP contribution in [0.3, 0.4) is 0 Å². The van der Waals surface area contributed by atoms with Crippen molar-refractivity contribution in [2.45, 2.75) is 170 Å². The van der Waals surface area contributed by atoms with Crippen molar-refractivity contribution in [3.05, 3.63) is 160 Å². The summed E-state index contributed by atoms with van der Waals surface area (Å²) in [5, 5.41) is 21.0. The number of aliphatic hydroxyl groups excluding tert-OH is 2. The maximum absolute atomic E-state index is 14.3. The Labute approximate surface area is 650 Å². The molecule has 640 valence electrons. The Morgan fingerprint density at radius 3 is 1.06 bits per heavy atom. The number of hydrogen-bond acceptors (Lipinski definition) is 39. The second kappa shape index (κ2) is 34.5. The molecule has 23 atom stereocenters. The highest BCUT2D eigenvalue weighted by Gasteiger charge is 2.51. The molecule has 0 spiro atoms. The van der Waals surface area contributed by atoms with Crippen LogP contribution in [0.2, 0.25) is 0 Å². The number of nitrogens with two attached hydrogens (primary N) is 3. The molecule has 0 amide bonds. The number of phosphoric ester groups is 5. The Morgan fingerprint density at radius 1 is 0.419 bits per heavy atom. The van der Waals surface area contributed by atoms with Crippen LogP contribution in [0.1, 0.15) is 92.6 Å². The molecular weight excluding hydrogens is 1680 g/mol. The standard InChI is InChI=1S/C58H76N17O37P5/c1-24-14-72(56(84)67-49(24)78)41-8-27(77)34(103-41)18-97-113(87,88)110-30-11-44(73-15-25(2)50(79)68-57(73)85)105-36(30)20-101-116(93,94)111-31-12-45(74-16-26(3)51(80)69-58(74)86)106-37(31)21-100-115(91,92)109-29-10-43(71-7-5-40(60)64-55(71)83)104-35(29)19-99-117(95,96)112-32-13-46(75-23-62-47-48(75)65-53(61)66-52(47)81)107-38(32)22-98-114(89,90)108-28-9-42(102-33(28)17-76)70-6-4-39(59)63-54(70)82/h4-7,14-16,23,27-38,41-46,76-77H,8-13,17-22H2,1-3H3,(H,87,88)(H,89,90)(H,91,92)(H,93,94)(H,95,96)(H2,59,63,82)(H2,60,64,83)(H,67,78,84)(H,68,79,85)(H,69,80,86)(H3,61,65,66,81)/t27-,28-,29-,30-,31-,32-,33+,34+,35+,36+,37+,38+,41+,42+,43+,44+,45+,46+/m0/s1. The number of nitrogen functional groups attached to an aromatic ring is 3. The number of hydrogen-bond donors (Lipinski definition) is 14. The van der Waals surface area contributed by atoms with Gasteiger partial charge >= 0.3 is 67.6 Å². The first-order valence-corrected chi connectivity index (χ1v) is 42.4. The molecule has 13 heterocycles. The highest BCUT2D eigenvalue weighted by molar-refractivity contribution is 7.48. The molecule has 117 heavy (non-hydrogen) atoms. The molecule has 17 N–H and O–H groups in total. The minimum atomic E-state index is -5.67. The van der Waals surface area contributed by atoms with Gasteiger partial charge in [0.1, 0.15) is 116 Å². The van der Waals surface area contributed by atoms with Gasteiger partial charge in [-0.15, -0.1) is 0 Å². The Morgan fingerprint density at radius 2 is 0.718 bits per heavy atom. The Balaban J connectivity index is 0.696. The van der Waals surface area contributed by atoms with Gasteiger partial charge in [-0.1, -0.05) is 0 Å². The van der Waals surface area contributed by atoms with E-state index in [0.29, 0.717) is 0 Å². The van der Waals surface area contributed by atoms with Crippen LogP contribution in [0.5, 0.6) is 0 Å². The number of aromatic nitrogens is 14. The fourth-order valence-corrected chi connectivity index (χ4v) is 18.2. The predicted molar refractivity (Wildman–Crippen MR) is 384 cm³/mol. The van der Waals surface area contributed by atoms with E-state index in [4.69, 9.17) is 90.9 Å². The summed E-state index contributed by atoms with van der Waals surface area (Å²) in [6.45, 7) is -2.12. The van der Waals surface area contributed by atoms with Crippen molar-refractivity contribution >= 4 is 67.9 Å². The van der Waals surface area contributed by atoms with E-state index in [-0.39, 0.29) is 58.3 Å². The van der Waals surface area contributed by atoms with Gasteiger partial charge in [-0.25, -0.2) is 51.8 Å². The fraction of sp³-hybridized carbons (Fsp3) is 0.569. The number of imidazole rings is 1. The van der Waals surface area contributed by atoms with Crippen LogP contribution in [0.15, 0.2) is 92.6 Å². The second-order valence-electron chi connectivity index (χ2n) is 27.3. The smallest absolute Gasteiger partial charge is 0.394 e. The molecule has 6 fully saturated rings. The van der Waals surface area contributed by atoms with Crippen molar-refractivity contribution in [3.63, 3.8) is 0 Å². The molecule has 0 bridgehead atoms.